The van der Waals surface area contributed by atoms with Gasteiger partial charge in [0.05, 0.1) is 23.9 Å². The lowest BCUT2D eigenvalue weighted by atomic mass is 9.96. The Balaban J connectivity index is 1.56. The molecule has 0 fully saturated rings. The van der Waals surface area contributed by atoms with Crippen LogP contribution >= 0.6 is 11.6 Å². The number of aromatic nitrogens is 1. The monoisotopic (exact) mass is 439 g/mol. The van der Waals surface area contributed by atoms with Crippen molar-refractivity contribution in [3.63, 3.8) is 0 Å². The van der Waals surface area contributed by atoms with Crippen LogP contribution in [0.3, 0.4) is 0 Å². The van der Waals surface area contributed by atoms with Crippen molar-refractivity contribution in [2.75, 3.05) is 32.6 Å². The van der Waals surface area contributed by atoms with Crippen molar-refractivity contribution in [2.45, 2.75) is 13.0 Å². The lowest BCUT2D eigenvalue weighted by Gasteiger charge is -2.26. The van der Waals surface area contributed by atoms with Crippen LogP contribution in [0.5, 0.6) is 5.75 Å². The third-order valence-electron chi connectivity index (χ3n) is 5.21. The minimum absolute atomic E-state index is 0.407. The van der Waals surface area contributed by atoms with E-state index in [-0.39, 0.29) is 0 Å². The van der Waals surface area contributed by atoms with Gasteiger partial charge in [0.2, 0.25) is 0 Å². The van der Waals surface area contributed by atoms with Crippen LogP contribution < -0.4 is 10.1 Å². The number of methoxy groups -OCH3 is 1. The van der Waals surface area contributed by atoms with Crippen LogP contribution in [-0.4, -0.2) is 49.1 Å². The molecule has 0 saturated carbocycles. The molecule has 0 spiro atoms. The molecule has 0 saturated heterocycles. The first-order chi connectivity index (χ1) is 15.0. The van der Waals surface area contributed by atoms with Gasteiger partial charge >= 0.3 is 5.97 Å². The Morgan fingerprint density at radius 2 is 2.03 bits per heavy atom. The van der Waals surface area contributed by atoms with Crippen molar-refractivity contribution < 1.29 is 19.1 Å². The van der Waals surface area contributed by atoms with E-state index in [0.29, 0.717) is 28.6 Å². The maximum atomic E-state index is 13.1. The van der Waals surface area contributed by atoms with E-state index < -0.39 is 18.5 Å². The van der Waals surface area contributed by atoms with Crippen molar-refractivity contribution in [3.05, 3.63) is 64.3 Å². The van der Waals surface area contributed by atoms with Gasteiger partial charge in [-0.3, -0.25) is 9.78 Å². The lowest BCUT2D eigenvalue weighted by molar-refractivity contribution is -0.119. The number of nitrogens with zero attached hydrogens (tertiary/aromatic N) is 2. The Hall–Kier alpha value is -3.16. The Kier molecular flexibility index (Phi) is 6.06. The van der Waals surface area contributed by atoms with E-state index in [1.54, 1.807) is 18.2 Å². The van der Waals surface area contributed by atoms with E-state index in [1.807, 2.05) is 31.3 Å². The number of halogens is 1. The summed E-state index contributed by atoms with van der Waals surface area (Å²) in [5, 5.41) is 3.84. The summed E-state index contributed by atoms with van der Waals surface area (Å²) < 4.78 is 10.6. The zero-order chi connectivity index (χ0) is 22.0. The first kappa shape index (κ1) is 21.1. The van der Waals surface area contributed by atoms with Crippen molar-refractivity contribution in [2.24, 2.45) is 0 Å². The number of esters is 1. The van der Waals surface area contributed by atoms with E-state index in [0.717, 1.165) is 35.1 Å². The Morgan fingerprint density at radius 1 is 1.23 bits per heavy atom. The summed E-state index contributed by atoms with van der Waals surface area (Å²) in [7, 11) is 3.49. The Labute approximate surface area is 184 Å². The smallest absolute Gasteiger partial charge is 0.339 e. The number of pyridine rings is 1. The number of carbonyl (C=O) groups excluding carboxylic acids is 2. The number of amides is 1. The second-order valence-electron chi connectivity index (χ2n) is 7.39. The number of para-hydroxylation sites is 1. The zero-order valence-electron chi connectivity index (χ0n) is 17.3. The third kappa shape index (κ3) is 4.47. The normalized spacial score (nSPS) is 13.5. The van der Waals surface area contributed by atoms with Crippen LogP contribution in [0.15, 0.2) is 42.5 Å². The molecular formula is C23H22ClN3O4. The van der Waals surface area contributed by atoms with Gasteiger partial charge in [0.25, 0.3) is 5.91 Å². The SMILES string of the molecule is COc1ccc(Cl)cc1NC(=O)COC(=O)c1c2c(nc3ccccc13)CCN(C)C2. The van der Waals surface area contributed by atoms with E-state index >= 15 is 0 Å². The fourth-order valence-corrected chi connectivity index (χ4v) is 3.90. The molecule has 31 heavy (non-hydrogen) atoms. The number of carbonyl (C=O) groups is 2. The van der Waals surface area contributed by atoms with Gasteiger partial charge in [0, 0.05) is 41.2 Å². The highest BCUT2D eigenvalue weighted by atomic mass is 35.5. The fraction of sp³-hybridized carbons (Fsp3) is 0.261. The minimum Gasteiger partial charge on any atom is -0.495 e. The van der Waals surface area contributed by atoms with Crippen LogP contribution in [0.1, 0.15) is 21.6 Å². The van der Waals surface area contributed by atoms with Gasteiger partial charge in [-0.2, -0.15) is 0 Å². The maximum absolute atomic E-state index is 13.1. The standard InChI is InChI=1S/C23H22ClN3O4/c1-27-10-9-18-16(12-27)22(15-5-3-4-6-17(15)25-18)23(29)31-13-21(28)26-19-11-14(24)7-8-20(19)30-2/h3-8,11H,9-10,12-13H2,1-2H3,(H,26,28). The van der Waals surface area contributed by atoms with E-state index in [1.165, 1.54) is 7.11 Å². The molecule has 1 N–H and O–H groups in total. The number of likely N-dealkylation sites (N-methyl/N-ethyl adjacent to an activating group) is 1. The number of hydrogen-bond donors (Lipinski definition) is 1. The van der Waals surface area contributed by atoms with Crippen molar-refractivity contribution in [3.8, 4) is 5.75 Å². The Bertz CT molecular complexity index is 1170. The highest BCUT2D eigenvalue weighted by molar-refractivity contribution is 6.31. The zero-order valence-corrected chi connectivity index (χ0v) is 18.0. The molecule has 0 atom stereocenters. The Morgan fingerprint density at radius 3 is 2.84 bits per heavy atom. The minimum atomic E-state index is -0.543. The van der Waals surface area contributed by atoms with Crippen molar-refractivity contribution >= 4 is 40.1 Å². The largest absolute Gasteiger partial charge is 0.495 e. The molecule has 0 bridgehead atoms. The molecule has 160 valence electrons. The van der Waals surface area contributed by atoms with Gasteiger partial charge in [-0.15, -0.1) is 0 Å². The second-order valence-corrected chi connectivity index (χ2v) is 7.82. The molecule has 0 radical (unpaired) electrons. The summed E-state index contributed by atoms with van der Waals surface area (Å²) in [4.78, 5) is 32.4. The number of nitrogens with one attached hydrogen (secondary N) is 1. The molecule has 1 aliphatic rings. The molecule has 2 aromatic carbocycles. The molecule has 8 heteroatoms. The van der Waals surface area contributed by atoms with Crippen LogP contribution in [-0.2, 0) is 22.5 Å². The number of hydrogen-bond acceptors (Lipinski definition) is 6. The molecule has 0 unspecified atom stereocenters. The average molecular weight is 440 g/mol. The molecule has 1 aromatic heterocycles. The third-order valence-corrected chi connectivity index (χ3v) is 5.45. The molecule has 3 aromatic rings. The van der Waals surface area contributed by atoms with Gasteiger partial charge in [-0.05, 0) is 31.3 Å². The first-order valence-corrected chi connectivity index (χ1v) is 10.2. The topological polar surface area (TPSA) is 80.8 Å². The summed E-state index contributed by atoms with van der Waals surface area (Å²) in [6, 6.07) is 12.4. The maximum Gasteiger partial charge on any atom is 0.339 e. The number of ether oxygens (including phenoxy) is 2. The molecule has 0 aliphatic carbocycles. The molecule has 2 heterocycles. The molecule has 4 rings (SSSR count). The summed E-state index contributed by atoms with van der Waals surface area (Å²) in [6.45, 7) is 1.04. The van der Waals surface area contributed by atoms with Crippen LogP contribution in [0.2, 0.25) is 5.02 Å². The number of anilines is 1. The number of rotatable bonds is 5. The fourth-order valence-electron chi connectivity index (χ4n) is 3.73. The molecule has 7 nitrogen and oxygen atoms in total. The van der Waals surface area contributed by atoms with Crippen LogP contribution in [0.4, 0.5) is 5.69 Å². The first-order valence-electron chi connectivity index (χ1n) is 9.86. The lowest BCUT2D eigenvalue weighted by Crippen LogP contribution is -2.30. The van der Waals surface area contributed by atoms with E-state index in [9.17, 15) is 9.59 Å². The average Bonchev–Trinajstić information content (AvgIpc) is 2.76. The second kappa shape index (κ2) is 8.91. The summed E-state index contributed by atoms with van der Waals surface area (Å²) in [5.74, 6) is -0.571. The van der Waals surface area contributed by atoms with Crippen LogP contribution in [0.25, 0.3) is 10.9 Å². The van der Waals surface area contributed by atoms with Crippen molar-refractivity contribution in [1.29, 1.82) is 0 Å². The number of fused-ring (bicyclic) bond motifs is 2. The van der Waals surface area contributed by atoms with Gasteiger partial charge in [-0.1, -0.05) is 29.8 Å². The summed E-state index contributed by atoms with van der Waals surface area (Å²) in [6.07, 6.45) is 0.756. The predicted molar refractivity (Wildman–Crippen MR) is 119 cm³/mol. The summed E-state index contributed by atoms with van der Waals surface area (Å²) in [5.41, 5.74) is 3.38. The highest BCUT2D eigenvalue weighted by Crippen LogP contribution is 2.29. The quantitative estimate of drug-likeness (QED) is 0.611. The van der Waals surface area contributed by atoms with Crippen LogP contribution in [0, 0.1) is 0 Å². The van der Waals surface area contributed by atoms with Gasteiger partial charge in [-0.25, -0.2) is 4.79 Å². The van der Waals surface area contributed by atoms with Crippen molar-refractivity contribution in [1.82, 2.24) is 9.88 Å². The van der Waals surface area contributed by atoms with Gasteiger partial charge in [0.1, 0.15) is 5.75 Å². The predicted octanol–water partition coefficient (Wildman–Crippen LogP) is 3.68. The van der Waals surface area contributed by atoms with E-state index in [4.69, 9.17) is 26.1 Å². The summed E-state index contributed by atoms with van der Waals surface area (Å²) >= 11 is 6.00. The van der Waals surface area contributed by atoms with E-state index in [2.05, 4.69) is 10.2 Å². The van der Waals surface area contributed by atoms with Gasteiger partial charge in [0.15, 0.2) is 6.61 Å². The highest BCUT2D eigenvalue weighted by Gasteiger charge is 2.25. The molecular weight excluding hydrogens is 418 g/mol. The molecule has 1 amide bonds. The number of benzene rings is 2. The molecule has 1 aliphatic heterocycles. The van der Waals surface area contributed by atoms with Gasteiger partial charge < -0.3 is 19.7 Å².